The summed E-state index contributed by atoms with van der Waals surface area (Å²) in [5, 5.41) is 6.02. The number of hydrogen-bond acceptors (Lipinski definition) is 2. The molecule has 0 radical (unpaired) electrons. The van der Waals surface area contributed by atoms with Gasteiger partial charge in [0.1, 0.15) is 0 Å². The minimum atomic E-state index is 0.242. The summed E-state index contributed by atoms with van der Waals surface area (Å²) in [5.74, 6) is 0. The van der Waals surface area contributed by atoms with E-state index >= 15 is 0 Å². The number of rotatable bonds is 3. The molecule has 0 spiro atoms. The molecule has 0 saturated heterocycles. The van der Waals surface area contributed by atoms with Crippen LogP contribution in [0.4, 0.5) is 0 Å². The van der Waals surface area contributed by atoms with Gasteiger partial charge in [-0.05, 0) is 48.5 Å². The van der Waals surface area contributed by atoms with Crippen molar-refractivity contribution in [1.29, 1.82) is 0 Å². The molecule has 3 aromatic rings. The number of halogens is 1. The summed E-state index contributed by atoms with van der Waals surface area (Å²) in [4.78, 5) is 2.71. The van der Waals surface area contributed by atoms with Crippen molar-refractivity contribution in [2.45, 2.75) is 13.0 Å². The van der Waals surface area contributed by atoms with Crippen LogP contribution >= 0.6 is 27.3 Å². The lowest BCUT2D eigenvalue weighted by Crippen LogP contribution is -2.16. The van der Waals surface area contributed by atoms with Gasteiger partial charge in [0.15, 0.2) is 0 Å². The summed E-state index contributed by atoms with van der Waals surface area (Å²) in [7, 11) is 2.02. The lowest BCUT2D eigenvalue weighted by molar-refractivity contribution is 0.709. The van der Waals surface area contributed by atoms with Crippen LogP contribution in [-0.2, 0) is 0 Å². The van der Waals surface area contributed by atoms with Gasteiger partial charge < -0.3 is 5.32 Å². The fraction of sp³-hybridized carbons (Fsp3) is 0.176. The van der Waals surface area contributed by atoms with E-state index in [0.717, 1.165) is 4.47 Å². The van der Waals surface area contributed by atoms with Gasteiger partial charge in [0.25, 0.3) is 0 Å². The second kappa shape index (κ2) is 5.68. The maximum absolute atomic E-state index is 3.64. The largest absolute Gasteiger partial charge is 0.309 e. The Bertz CT molecular complexity index is 748. The molecule has 0 aliphatic carbocycles. The van der Waals surface area contributed by atoms with E-state index in [9.17, 15) is 0 Å². The first-order chi connectivity index (χ1) is 9.70. The number of benzene rings is 2. The average Bonchev–Trinajstić information content (AvgIpc) is 2.89. The molecule has 1 aromatic heterocycles. The fourth-order valence-electron chi connectivity index (χ4n) is 2.60. The Morgan fingerprint density at radius 3 is 2.40 bits per heavy atom. The second-order valence-electron chi connectivity index (χ2n) is 4.85. The Morgan fingerprint density at radius 1 is 1.00 bits per heavy atom. The number of thiophene rings is 1. The normalized spacial score (nSPS) is 12.8. The standard InChI is InChI=1S/C17H16BrNS/c1-11-7-10-16(20-11)17(19-2)14-8-9-15(18)13-6-4-3-5-12(13)14/h3-10,17,19H,1-2H3. The lowest BCUT2D eigenvalue weighted by Gasteiger charge is -2.18. The van der Waals surface area contributed by atoms with E-state index in [0.29, 0.717) is 0 Å². The molecule has 1 unspecified atom stereocenters. The Hall–Kier alpha value is -1.16. The topological polar surface area (TPSA) is 12.0 Å². The van der Waals surface area contributed by atoms with Crippen molar-refractivity contribution in [2.75, 3.05) is 7.05 Å². The lowest BCUT2D eigenvalue weighted by atomic mass is 9.98. The van der Waals surface area contributed by atoms with Gasteiger partial charge >= 0.3 is 0 Å². The predicted octanol–water partition coefficient (Wildman–Crippen LogP) is 5.28. The highest BCUT2D eigenvalue weighted by molar-refractivity contribution is 9.10. The van der Waals surface area contributed by atoms with E-state index in [-0.39, 0.29) is 6.04 Å². The van der Waals surface area contributed by atoms with Crippen LogP contribution in [0.5, 0.6) is 0 Å². The molecule has 1 N–H and O–H groups in total. The molecular formula is C17H16BrNS. The molecule has 0 aliphatic heterocycles. The third kappa shape index (κ3) is 2.41. The van der Waals surface area contributed by atoms with Crippen molar-refractivity contribution in [1.82, 2.24) is 5.32 Å². The molecule has 3 heteroatoms. The van der Waals surface area contributed by atoms with Crippen molar-refractivity contribution in [3.8, 4) is 0 Å². The zero-order chi connectivity index (χ0) is 14.1. The number of fused-ring (bicyclic) bond motifs is 1. The van der Waals surface area contributed by atoms with Gasteiger partial charge in [0.2, 0.25) is 0 Å². The molecule has 0 saturated carbocycles. The van der Waals surface area contributed by atoms with Crippen LogP contribution in [0.1, 0.15) is 21.4 Å². The van der Waals surface area contributed by atoms with Crippen LogP contribution in [0.15, 0.2) is 53.0 Å². The highest BCUT2D eigenvalue weighted by Crippen LogP contribution is 2.35. The monoisotopic (exact) mass is 345 g/mol. The molecule has 1 heterocycles. The third-order valence-corrected chi connectivity index (χ3v) is 5.31. The Morgan fingerprint density at radius 2 is 1.75 bits per heavy atom. The first-order valence-electron chi connectivity index (χ1n) is 6.61. The summed E-state index contributed by atoms with van der Waals surface area (Å²) in [5.41, 5.74) is 1.33. The van der Waals surface area contributed by atoms with E-state index in [1.165, 1.54) is 26.1 Å². The van der Waals surface area contributed by atoms with Gasteiger partial charge in [-0.15, -0.1) is 11.3 Å². The predicted molar refractivity (Wildman–Crippen MR) is 91.6 cm³/mol. The van der Waals surface area contributed by atoms with Gasteiger partial charge in [0, 0.05) is 14.2 Å². The highest BCUT2D eigenvalue weighted by atomic mass is 79.9. The molecule has 3 rings (SSSR count). The Balaban J connectivity index is 2.20. The van der Waals surface area contributed by atoms with Gasteiger partial charge in [0.05, 0.1) is 6.04 Å². The molecule has 102 valence electrons. The highest BCUT2D eigenvalue weighted by Gasteiger charge is 2.17. The average molecular weight is 346 g/mol. The van der Waals surface area contributed by atoms with Crippen molar-refractivity contribution in [2.24, 2.45) is 0 Å². The zero-order valence-electron chi connectivity index (χ0n) is 11.5. The van der Waals surface area contributed by atoms with Gasteiger partial charge in [-0.2, -0.15) is 0 Å². The van der Waals surface area contributed by atoms with Crippen LogP contribution in [0, 0.1) is 6.92 Å². The summed E-state index contributed by atoms with van der Waals surface area (Å²) in [6.07, 6.45) is 0. The smallest absolute Gasteiger partial charge is 0.0674 e. The molecule has 0 amide bonds. The Labute approximate surface area is 131 Å². The maximum atomic E-state index is 3.64. The van der Waals surface area contributed by atoms with Gasteiger partial charge in [-0.1, -0.05) is 46.3 Å². The second-order valence-corrected chi connectivity index (χ2v) is 7.03. The number of aryl methyl sites for hydroxylation is 1. The first kappa shape index (κ1) is 13.8. The van der Waals surface area contributed by atoms with Crippen molar-refractivity contribution in [3.63, 3.8) is 0 Å². The van der Waals surface area contributed by atoms with E-state index in [2.05, 4.69) is 76.7 Å². The quantitative estimate of drug-likeness (QED) is 0.680. The van der Waals surface area contributed by atoms with Crippen molar-refractivity contribution in [3.05, 3.63) is 68.3 Å². The van der Waals surface area contributed by atoms with E-state index in [4.69, 9.17) is 0 Å². The van der Waals surface area contributed by atoms with Crippen LogP contribution < -0.4 is 5.32 Å². The van der Waals surface area contributed by atoms with Crippen LogP contribution in [0.2, 0.25) is 0 Å². The zero-order valence-corrected chi connectivity index (χ0v) is 13.9. The van der Waals surface area contributed by atoms with Crippen LogP contribution in [0.25, 0.3) is 10.8 Å². The van der Waals surface area contributed by atoms with E-state index in [1.807, 2.05) is 18.4 Å². The molecule has 0 fully saturated rings. The summed E-state index contributed by atoms with van der Waals surface area (Å²) in [6.45, 7) is 2.15. The summed E-state index contributed by atoms with van der Waals surface area (Å²) >= 11 is 5.50. The number of hydrogen-bond donors (Lipinski definition) is 1. The molecule has 20 heavy (non-hydrogen) atoms. The molecular weight excluding hydrogens is 330 g/mol. The molecule has 1 atom stereocenters. The number of nitrogens with one attached hydrogen (secondary N) is 1. The first-order valence-corrected chi connectivity index (χ1v) is 8.22. The van der Waals surface area contributed by atoms with Crippen molar-refractivity contribution >= 4 is 38.0 Å². The van der Waals surface area contributed by atoms with Crippen LogP contribution in [0.3, 0.4) is 0 Å². The SMILES string of the molecule is CNC(c1ccc(C)s1)c1ccc(Br)c2ccccc12. The van der Waals surface area contributed by atoms with E-state index in [1.54, 1.807) is 0 Å². The fourth-order valence-corrected chi connectivity index (χ4v) is 4.08. The minimum Gasteiger partial charge on any atom is -0.309 e. The van der Waals surface area contributed by atoms with Crippen molar-refractivity contribution < 1.29 is 0 Å². The molecule has 0 aliphatic rings. The molecule has 1 nitrogen and oxygen atoms in total. The van der Waals surface area contributed by atoms with Crippen LogP contribution in [-0.4, -0.2) is 7.05 Å². The van der Waals surface area contributed by atoms with Gasteiger partial charge in [-0.3, -0.25) is 0 Å². The van der Waals surface area contributed by atoms with Gasteiger partial charge in [-0.25, -0.2) is 0 Å². The minimum absolute atomic E-state index is 0.242. The summed E-state index contributed by atoms with van der Waals surface area (Å²) in [6, 6.07) is 17.5. The third-order valence-electron chi connectivity index (χ3n) is 3.55. The Kier molecular flexibility index (Phi) is 3.92. The van der Waals surface area contributed by atoms with E-state index < -0.39 is 0 Å². The maximum Gasteiger partial charge on any atom is 0.0674 e. The summed E-state index contributed by atoms with van der Waals surface area (Å²) < 4.78 is 1.15. The molecule has 2 aromatic carbocycles. The molecule has 0 bridgehead atoms.